The Morgan fingerprint density at radius 2 is 1.77 bits per heavy atom. The fourth-order valence-corrected chi connectivity index (χ4v) is 4.33. The number of aryl methyl sites for hydroxylation is 2. The lowest BCUT2D eigenvalue weighted by molar-refractivity contribution is 0.244. The minimum atomic E-state index is -0.490. The number of hydrogen-bond donors (Lipinski definition) is 1. The van der Waals surface area contributed by atoms with Crippen LogP contribution in [-0.4, -0.2) is 16.2 Å². The number of hydrogen-bond acceptors (Lipinski definition) is 4. The van der Waals surface area contributed by atoms with Gasteiger partial charge < -0.3 is 9.84 Å². The van der Waals surface area contributed by atoms with Crippen LogP contribution in [0.25, 0.3) is 17.0 Å². The minimum absolute atomic E-state index is 0.315. The average Bonchev–Trinajstić information content (AvgIpc) is 3.36. The lowest BCUT2D eigenvalue weighted by Gasteiger charge is -2.35. The molecule has 1 N–H and O–H groups in total. The Balaban J connectivity index is 1.65. The Morgan fingerprint density at radius 3 is 2.46 bits per heavy atom. The van der Waals surface area contributed by atoms with Crippen LogP contribution in [0, 0.1) is 12.7 Å². The molecule has 6 nitrogen and oxygen atoms in total. The third kappa shape index (κ3) is 4.21. The van der Waals surface area contributed by atoms with Crippen LogP contribution in [-0.2, 0) is 6.42 Å². The summed E-state index contributed by atoms with van der Waals surface area (Å²) in [6, 6.07) is 21.5. The van der Waals surface area contributed by atoms with Gasteiger partial charge in [0.15, 0.2) is 0 Å². The number of carbonyl (C=O) groups excluding carboxylic acids is 1. The van der Waals surface area contributed by atoms with Crippen molar-refractivity contribution in [3.05, 3.63) is 107 Å². The lowest BCUT2D eigenvalue weighted by atomic mass is 9.93. The van der Waals surface area contributed by atoms with Gasteiger partial charge in [0.1, 0.15) is 5.82 Å². The minimum Gasteiger partial charge on any atom is -0.334 e. The number of aromatic nitrogens is 2. The standard InChI is InChI=1S/C28H25FN4O2/c1-4-19-10-12-20(13-11-19)25-24(27-31-26(32-35-27)21-8-6-5-7-9-21)18(3)33(28(34)30-25)22-14-15-23(29)17(2)16-22/h5-16,25H,4H2,1-3H3,(H,30,34). The molecule has 1 atom stereocenters. The molecule has 1 aliphatic heterocycles. The summed E-state index contributed by atoms with van der Waals surface area (Å²) in [6.45, 7) is 5.61. The smallest absolute Gasteiger partial charge is 0.326 e. The first-order valence-electron chi connectivity index (χ1n) is 11.5. The Morgan fingerprint density at radius 1 is 1.03 bits per heavy atom. The predicted octanol–water partition coefficient (Wildman–Crippen LogP) is 6.45. The number of allylic oxidation sites excluding steroid dienone is 1. The fraction of sp³-hybridized carbons (Fsp3) is 0.179. The first-order valence-corrected chi connectivity index (χ1v) is 11.5. The van der Waals surface area contributed by atoms with E-state index in [1.165, 1.54) is 16.5 Å². The zero-order valence-electron chi connectivity index (χ0n) is 19.7. The van der Waals surface area contributed by atoms with Crippen LogP contribution in [0.3, 0.4) is 0 Å². The molecule has 7 heteroatoms. The van der Waals surface area contributed by atoms with Crippen molar-refractivity contribution in [3.8, 4) is 11.4 Å². The van der Waals surface area contributed by atoms with Crippen molar-refractivity contribution in [2.24, 2.45) is 0 Å². The van der Waals surface area contributed by atoms with Crippen molar-refractivity contribution in [1.29, 1.82) is 0 Å². The predicted molar refractivity (Wildman–Crippen MR) is 133 cm³/mol. The first-order chi connectivity index (χ1) is 17.0. The average molecular weight is 469 g/mol. The molecule has 0 fully saturated rings. The molecule has 3 aromatic carbocycles. The summed E-state index contributed by atoms with van der Waals surface area (Å²) < 4.78 is 19.7. The molecule has 0 bridgehead atoms. The quantitative estimate of drug-likeness (QED) is 0.365. The number of benzene rings is 3. The van der Waals surface area contributed by atoms with Crippen LogP contribution >= 0.6 is 0 Å². The maximum absolute atomic E-state index is 13.9. The van der Waals surface area contributed by atoms with Crippen LogP contribution < -0.4 is 10.2 Å². The van der Waals surface area contributed by atoms with Crippen LogP contribution in [0.5, 0.6) is 0 Å². The van der Waals surface area contributed by atoms with Crippen molar-refractivity contribution in [1.82, 2.24) is 15.5 Å². The summed E-state index contributed by atoms with van der Waals surface area (Å²) in [4.78, 5) is 19.5. The van der Waals surface area contributed by atoms with E-state index in [1.807, 2.05) is 61.5 Å². The maximum Gasteiger partial charge on any atom is 0.326 e. The number of halogens is 1. The number of nitrogens with one attached hydrogen (secondary N) is 1. The van der Waals surface area contributed by atoms with E-state index in [2.05, 4.69) is 22.4 Å². The monoisotopic (exact) mass is 468 g/mol. The largest absolute Gasteiger partial charge is 0.334 e. The Kier molecular flexibility index (Phi) is 5.91. The molecule has 0 saturated heterocycles. The number of amides is 2. The van der Waals surface area contributed by atoms with Crippen molar-refractivity contribution < 1.29 is 13.7 Å². The molecule has 4 aromatic rings. The molecule has 2 amide bonds. The fourth-order valence-electron chi connectivity index (χ4n) is 4.33. The number of anilines is 1. The second kappa shape index (κ2) is 9.18. The highest BCUT2D eigenvalue weighted by Crippen LogP contribution is 2.39. The summed E-state index contributed by atoms with van der Waals surface area (Å²) in [5, 5.41) is 7.28. The third-order valence-electron chi connectivity index (χ3n) is 6.29. The van der Waals surface area contributed by atoms with Gasteiger partial charge in [-0.1, -0.05) is 66.7 Å². The van der Waals surface area contributed by atoms with Crippen LogP contribution in [0.2, 0.25) is 0 Å². The summed E-state index contributed by atoms with van der Waals surface area (Å²) in [6.07, 6.45) is 0.917. The molecular formula is C28H25FN4O2. The van der Waals surface area contributed by atoms with E-state index < -0.39 is 6.04 Å². The number of urea groups is 1. The lowest BCUT2D eigenvalue weighted by Crippen LogP contribution is -2.46. The molecule has 0 aliphatic carbocycles. The van der Waals surface area contributed by atoms with Crippen molar-refractivity contribution in [2.45, 2.75) is 33.2 Å². The number of carbonyl (C=O) groups is 1. The molecular weight excluding hydrogens is 443 g/mol. The summed E-state index contributed by atoms with van der Waals surface area (Å²) in [5.41, 5.74) is 5.25. The first kappa shape index (κ1) is 22.5. The summed E-state index contributed by atoms with van der Waals surface area (Å²) in [7, 11) is 0. The zero-order chi connectivity index (χ0) is 24.5. The van der Waals surface area contributed by atoms with Gasteiger partial charge in [-0.05, 0) is 55.2 Å². The number of rotatable bonds is 5. The van der Waals surface area contributed by atoms with Gasteiger partial charge in [0, 0.05) is 11.3 Å². The van der Waals surface area contributed by atoms with E-state index in [9.17, 15) is 9.18 Å². The van der Waals surface area contributed by atoms with Gasteiger partial charge >= 0.3 is 6.03 Å². The van der Waals surface area contributed by atoms with E-state index in [0.717, 1.165) is 17.5 Å². The molecule has 5 rings (SSSR count). The van der Waals surface area contributed by atoms with Crippen LogP contribution in [0.15, 0.2) is 83.0 Å². The van der Waals surface area contributed by atoms with Gasteiger partial charge in [-0.2, -0.15) is 4.98 Å². The van der Waals surface area contributed by atoms with Gasteiger partial charge in [-0.25, -0.2) is 9.18 Å². The Bertz CT molecular complexity index is 1410. The SMILES string of the molecule is CCc1ccc(C2NC(=O)N(c3ccc(F)c(C)c3)C(C)=C2c2nc(-c3ccccc3)no2)cc1. The number of nitrogens with zero attached hydrogens (tertiary/aromatic N) is 3. The Labute approximate surface area is 203 Å². The van der Waals surface area contributed by atoms with Gasteiger partial charge in [-0.15, -0.1) is 0 Å². The van der Waals surface area contributed by atoms with Crippen LogP contribution in [0.1, 0.15) is 42.5 Å². The van der Waals surface area contributed by atoms with Gasteiger partial charge in [-0.3, -0.25) is 4.90 Å². The highest BCUT2D eigenvalue weighted by molar-refractivity contribution is 6.01. The van der Waals surface area contributed by atoms with E-state index in [1.54, 1.807) is 19.1 Å². The Hall–Kier alpha value is -4.26. The van der Waals surface area contributed by atoms with E-state index in [4.69, 9.17) is 4.52 Å². The van der Waals surface area contributed by atoms with Crippen molar-refractivity contribution >= 4 is 17.3 Å². The molecule has 176 valence electrons. The topological polar surface area (TPSA) is 71.3 Å². The second-order valence-corrected chi connectivity index (χ2v) is 8.53. The van der Waals surface area contributed by atoms with Gasteiger partial charge in [0.25, 0.3) is 5.89 Å². The second-order valence-electron chi connectivity index (χ2n) is 8.53. The van der Waals surface area contributed by atoms with E-state index in [0.29, 0.717) is 34.2 Å². The van der Waals surface area contributed by atoms with Crippen molar-refractivity contribution in [3.63, 3.8) is 0 Å². The highest BCUT2D eigenvalue weighted by atomic mass is 19.1. The molecule has 1 aliphatic rings. The molecule has 0 saturated carbocycles. The van der Waals surface area contributed by atoms with Crippen molar-refractivity contribution in [2.75, 3.05) is 4.90 Å². The summed E-state index contributed by atoms with van der Waals surface area (Å²) >= 11 is 0. The molecule has 35 heavy (non-hydrogen) atoms. The van der Waals surface area contributed by atoms with Gasteiger partial charge in [0.2, 0.25) is 5.82 Å². The molecule has 1 aromatic heterocycles. The van der Waals surface area contributed by atoms with Gasteiger partial charge in [0.05, 0.1) is 17.3 Å². The van der Waals surface area contributed by atoms with E-state index in [-0.39, 0.29) is 11.8 Å². The van der Waals surface area contributed by atoms with Crippen LogP contribution in [0.4, 0.5) is 14.9 Å². The summed E-state index contributed by atoms with van der Waals surface area (Å²) in [5.74, 6) is 0.447. The highest BCUT2D eigenvalue weighted by Gasteiger charge is 2.36. The zero-order valence-corrected chi connectivity index (χ0v) is 19.7. The molecule has 0 spiro atoms. The maximum atomic E-state index is 13.9. The van der Waals surface area contributed by atoms with E-state index >= 15 is 0 Å². The third-order valence-corrected chi connectivity index (χ3v) is 6.29. The molecule has 0 radical (unpaired) electrons. The normalized spacial score (nSPS) is 15.9. The molecule has 2 heterocycles. The molecule has 1 unspecified atom stereocenters.